The summed E-state index contributed by atoms with van der Waals surface area (Å²) in [6.45, 7) is 3.89. The van der Waals surface area contributed by atoms with E-state index in [-0.39, 0.29) is 11.8 Å². The second-order valence-corrected chi connectivity index (χ2v) is 7.13. The van der Waals surface area contributed by atoms with Crippen LogP contribution in [-0.4, -0.2) is 33.3 Å². The summed E-state index contributed by atoms with van der Waals surface area (Å²) in [5, 5.41) is 7.53. The molecule has 1 aromatic carbocycles. The highest BCUT2D eigenvalue weighted by Gasteiger charge is 2.72. The fraction of sp³-hybridized carbons (Fsp3) is 0.500. The molecule has 3 fully saturated rings. The van der Waals surface area contributed by atoms with Crippen molar-refractivity contribution < 1.29 is 19.0 Å². The zero-order valence-electron chi connectivity index (χ0n) is 12.8. The number of hydrogen-bond donors (Lipinski definition) is 0. The van der Waals surface area contributed by atoms with Gasteiger partial charge < -0.3 is 4.74 Å². The third kappa shape index (κ3) is 1.43. The number of carbonyl (C=O) groups is 2. The summed E-state index contributed by atoms with van der Waals surface area (Å²) >= 11 is 0. The maximum absolute atomic E-state index is 13.0. The van der Waals surface area contributed by atoms with E-state index in [0.29, 0.717) is 16.7 Å². The molecular formula is C16H15N3O4. The van der Waals surface area contributed by atoms with E-state index in [1.54, 1.807) is 18.2 Å². The van der Waals surface area contributed by atoms with Gasteiger partial charge in [0.1, 0.15) is 11.0 Å². The average Bonchev–Trinajstić information content (AvgIpc) is 3.19. The minimum atomic E-state index is -0.541. The number of aromatic nitrogens is 2. The van der Waals surface area contributed by atoms with Gasteiger partial charge in [-0.25, -0.2) is 9.53 Å². The highest BCUT2D eigenvalue weighted by molar-refractivity contribution is 6.23. The topological polar surface area (TPSA) is 85.5 Å². The van der Waals surface area contributed by atoms with Crippen LogP contribution < -0.4 is 4.90 Å². The lowest BCUT2D eigenvalue weighted by atomic mass is 9.69. The third-order valence-electron chi connectivity index (χ3n) is 5.70. The molecule has 1 aromatic heterocycles. The van der Waals surface area contributed by atoms with Crippen molar-refractivity contribution in [2.75, 3.05) is 4.90 Å². The summed E-state index contributed by atoms with van der Waals surface area (Å²) < 4.78 is 10.8. The van der Waals surface area contributed by atoms with Gasteiger partial charge in [-0.2, -0.15) is 0 Å². The molecule has 3 saturated heterocycles. The lowest BCUT2D eigenvalue weighted by molar-refractivity contribution is -0.129. The Labute approximate surface area is 131 Å². The van der Waals surface area contributed by atoms with E-state index in [1.807, 2.05) is 13.8 Å². The second-order valence-electron chi connectivity index (χ2n) is 7.13. The van der Waals surface area contributed by atoms with Crippen LogP contribution in [0.25, 0.3) is 11.0 Å². The predicted octanol–water partition coefficient (Wildman–Crippen LogP) is 1.67. The third-order valence-corrected chi connectivity index (χ3v) is 5.70. The molecule has 7 nitrogen and oxygen atoms in total. The minimum Gasteiger partial charge on any atom is -0.367 e. The molecule has 0 radical (unpaired) electrons. The van der Waals surface area contributed by atoms with Gasteiger partial charge >= 0.3 is 0 Å². The van der Waals surface area contributed by atoms with Crippen molar-refractivity contribution in [1.82, 2.24) is 10.3 Å². The number of benzene rings is 1. The van der Waals surface area contributed by atoms with Gasteiger partial charge in [0.2, 0.25) is 11.8 Å². The Hall–Kier alpha value is -2.28. The molecular weight excluding hydrogens is 298 g/mol. The Bertz CT molecular complexity index is 843. The summed E-state index contributed by atoms with van der Waals surface area (Å²) in [5.41, 5.74) is 0.553. The first kappa shape index (κ1) is 13.2. The molecule has 23 heavy (non-hydrogen) atoms. The van der Waals surface area contributed by atoms with Crippen molar-refractivity contribution in [3.8, 4) is 0 Å². The summed E-state index contributed by atoms with van der Waals surface area (Å²) in [6.07, 6.45) is 1.62. The van der Waals surface area contributed by atoms with E-state index in [2.05, 4.69) is 14.9 Å². The average molecular weight is 313 g/mol. The molecule has 0 saturated carbocycles. The zero-order chi connectivity index (χ0) is 16.0. The second kappa shape index (κ2) is 3.79. The standard InChI is InChI=1S/C16H15N3O4/c1-15-5-6-16(2,22-15)12-11(15)13(20)19(14(12)21)8-3-4-9-10(7-8)18-23-17-9/h3-4,7,11-12H,5-6H2,1-2H3/t11-,12?,15-,16+/m1/s1. The zero-order valence-corrected chi connectivity index (χ0v) is 12.8. The van der Waals surface area contributed by atoms with Crippen LogP contribution in [0.4, 0.5) is 5.69 Å². The number of imide groups is 1. The van der Waals surface area contributed by atoms with Gasteiger partial charge in [0, 0.05) is 0 Å². The first-order valence-corrected chi connectivity index (χ1v) is 7.73. The van der Waals surface area contributed by atoms with Gasteiger partial charge in [0.05, 0.1) is 28.7 Å². The summed E-state index contributed by atoms with van der Waals surface area (Å²) in [7, 11) is 0. The van der Waals surface area contributed by atoms with E-state index in [0.717, 1.165) is 12.8 Å². The number of hydrogen-bond acceptors (Lipinski definition) is 6. The van der Waals surface area contributed by atoms with Crippen LogP contribution in [0.5, 0.6) is 0 Å². The molecule has 7 heteroatoms. The summed E-state index contributed by atoms with van der Waals surface area (Å²) in [6, 6.07) is 5.07. The quantitative estimate of drug-likeness (QED) is 0.744. The SMILES string of the molecule is C[C@]12CC[C@](C)(O1)C1C(=O)N(c3ccc4nonc4c3)C(=O)[C@@H]12. The van der Waals surface area contributed by atoms with Crippen molar-refractivity contribution in [3.05, 3.63) is 18.2 Å². The number of fused-ring (bicyclic) bond motifs is 6. The smallest absolute Gasteiger partial charge is 0.240 e. The van der Waals surface area contributed by atoms with Crippen LogP contribution in [0.2, 0.25) is 0 Å². The lowest BCUT2D eigenvalue weighted by Crippen LogP contribution is -2.40. The molecule has 118 valence electrons. The molecule has 0 aliphatic carbocycles. The number of nitrogens with zero attached hydrogens (tertiary/aromatic N) is 3. The largest absolute Gasteiger partial charge is 0.367 e. The van der Waals surface area contributed by atoms with Crippen molar-refractivity contribution >= 4 is 28.5 Å². The van der Waals surface area contributed by atoms with Crippen molar-refractivity contribution in [2.24, 2.45) is 11.8 Å². The van der Waals surface area contributed by atoms with Gasteiger partial charge in [0.25, 0.3) is 0 Å². The van der Waals surface area contributed by atoms with E-state index in [1.165, 1.54) is 4.90 Å². The van der Waals surface area contributed by atoms with Gasteiger partial charge in [0.15, 0.2) is 0 Å². The Kier molecular flexibility index (Phi) is 2.17. The fourth-order valence-corrected chi connectivity index (χ4v) is 4.63. The van der Waals surface area contributed by atoms with Crippen LogP contribution >= 0.6 is 0 Å². The van der Waals surface area contributed by atoms with Gasteiger partial charge in [-0.1, -0.05) is 0 Å². The lowest BCUT2D eigenvalue weighted by Gasteiger charge is -2.27. The molecule has 1 unspecified atom stereocenters. The molecule has 3 aliphatic rings. The summed E-state index contributed by atoms with van der Waals surface area (Å²) in [5.74, 6) is -1.16. The molecule has 2 amide bonds. The van der Waals surface area contributed by atoms with Crippen LogP contribution in [-0.2, 0) is 14.3 Å². The van der Waals surface area contributed by atoms with Crippen LogP contribution in [0.1, 0.15) is 26.7 Å². The molecule has 0 spiro atoms. The number of carbonyl (C=O) groups excluding carboxylic acids is 2. The maximum Gasteiger partial charge on any atom is 0.240 e. The Morgan fingerprint density at radius 3 is 2.30 bits per heavy atom. The Balaban J connectivity index is 1.63. The molecule has 4 heterocycles. The highest BCUT2D eigenvalue weighted by atomic mass is 16.6. The van der Waals surface area contributed by atoms with Crippen molar-refractivity contribution in [2.45, 2.75) is 37.9 Å². The molecule has 2 bridgehead atoms. The first-order chi connectivity index (χ1) is 10.9. The van der Waals surface area contributed by atoms with Gasteiger partial charge in [-0.3, -0.25) is 9.59 Å². The highest BCUT2D eigenvalue weighted by Crippen LogP contribution is 2.60. The van der Waals surface area contributed by atoms with Crippen LogP contribution in [0.15, 0.2) is 22.8 Å². The van der Waals surface area contributed by atoms with Crippen molar-refractivity contribution in [3.63, 3.8) is 0 Å². The van der Waals surface area contributed by atoms with Crippen LogP contribution in [0, 0.1) is 11.8 Å². The number of amides is 2. The fourth-order valence-electron chi connectivity index (χ4n) is 4.63. The Morgan fingerprint density at radius 1 is 1.04 bits per heavy atom. The van der Waals surface area contributed by atoms with Gasteiger partial charge in [-0.05, 0) is 55.2 Å². The van der Waals surface area contributed by atoms with Crippen molar-refractivity contribution in [1.29, 1.82) is 0 Å². The van der Waals surface area contributed by atoms with E-state index >= 15 is 0 Å². The molecule has 4 atom stereocenters. The normalized spacial score (nSPS) is 38.8. The monoisotopic (exact) mass is 313 g/mol. The minimum absolute atomic E-state index is 0.179. The number of rotatable bonds is 1. The van der Waals surface area contributed by atoms with E-state index < -0.39 is 23.0 Å². The number of ether oxygens (including phenoxy) is 1. The summed E-state index contributed by atoms with van der Waals surface area (Å²) in [4.78, 5) is 27.2. The first-order valence-electron chi connectivity index (χ1n) is 7.73. The predicted molar refractivity (Wildman–Crippen MR) is 78.4 cm³/mol. The molecule has 3 aliphatic heterocycles. The van der Waals surface area contributed by atoms with E-state index in [4.69, 9.17) is 4.74 Å². The number of anilines is 1. The Morgan fingerprint density at radius 2 is 1.65 bits per heavy atom. The van der Waals surface area contributed by atoms with Crippen LogP contribution in [0.3, 0.4) is 0 Å². The van der Waals surface area contributed by atoms with E-state index in [9.17, 15) is 9.59 Å². The molecule has 0 N–H and O–H groups in total. The van der Waals surface area contributed by atoms with Gasteiger partial charge in [-0.15, -0.1) is 0 Å². The molecule has 5 rings (SSSR count). The maximum atomic E-state index is 13.0. The molecule has 2 aromatic rings.